The van der Waals surface area contributed by atoms with E-state index in [1.54, 1.807) is 23.5 Å². The van der Waals surface area contributed by atoms with Crippen LogP contribution in [0.3, 0.4) is 0 Å². The second-order valence-corrected chi connectivity index (χ2v) is 6.22. The fourth-order valence-electron chi connectivity index (χ4n) is 1.98. The van der Waals surface area contributed by atoms with Gasteiger partial charge in [-0.25, -0.2) is 0 Å². The molecule has 1 aromatic carbocycles. The fourth-order valence-corrected chi connectivity index (χ4v) is 3.10. The van der Waals surface area contributed by atoms with E-state index >= 15 is 0 Å². The number of nitro benzene ring substituents is 1. The van der Waals surface area contributed by atoms with Gasteiger partial charge in [0.15, 0.2) is 0 Å². The van der Waals surface area contributed by atoms with Crippen LogP contribution in [0.25, 0.3) is 0 Å². The zero-order valence-corrected chi connectivity index (χ0v) is 12.7. The number of hydrogen-bond acceptors (Lipinski definition) is 4. The predicted octanol–water partition coefficient (Wildman–Crippen LogP) is 5.12. The van der Waals surface area contributed by atoms with Gasteiger partial charge in [0.05, 0.1) is 11.0 Å². The Morgan fingerprint density at radius 1 is 1.35 bits per heavy atom. The van der Waals surface area contributed by atoms with Gasteiger partial charge in [-0.2, -0.15) is 0 Å². The molecule has 0 bridgehead atoms. The molecule has 0 aliphatic carbocycles. The van der Waals surface area contributed by atoms with Gasteiger partial charge in [0.2, 0.25) is 0 Å². The number of rotatable bonds is 5. The van der Waals surface area contributed by atoms with E-state index < -0.39 is 4.92 Å². The molecule has 1 atom stereocenters. The standard InChI is InChI=1S/C14H15ClN2O2S/c1-9(2)14(13-4-3-7-20-13)16-11-6-5-10(15)8-12(11)17(18)19/h3-9,14,16H,1-2H3. The highest BCUT2D eigenvalue weighted by Gasteiger charge is 2.21. The predicted molar refractivity (Wildman–Crippen MR) is 83.6 cm³/mol. The highest BCUT2D eigenvalue weighted by molar-refractivity contribution is 7.10. The van der Waals surface area contributed by atoms with Crippen molar-refractivity contribution in [3.05, 3.63) is 55.7 Å². The minimum absolute atomic E-state index is 0.000272. The molecule has 1 N–H and O–H groups in total. The zero-order chi connectivity index (χ0) is 14.7. The van der Waals surface area contributed by atoms with Crippen molar-refractivity contribution in [3.8, 4) is 0 Å². The minimum atomic E-state index is -0.417. The molecule has 0 aliphatic rings. The lowest BCUT2D eigenvalue weighted by molar-refractivity contribution is -0.384. The van der Waals surface area contributed by atoms with Crippen molar-refractivity contribution < 1.29 is 4.92 Å². The van der Waals surface area contributed by atoms with Gasteiger partial charge in [0, 0.05) is 16.0 Å². The summed E-state index contributed by atoms with van der Waals surface area (Å²) in [5.41, 5.74) is 0.492. The first kappa shape index (κ1) is 14.8. The molecule has 106 valence electrons. The minimum Gasteiger partial charge on any atom is -0.372 e. The molecule has 0 aliphatic heterocycles. The average molecular weight is 311 g/mol. The number of halogens is 1. The quantitative estimate of drug-likeness (QED) is 0.616. The molecule has 4 nitrogen and oxygen atoms in total. The van der Waals surface area contributed by atoms with Crippen LogP contribution in [-0.2, 0) is 0 Å². The van der Waals surface area contributed by atoms with E-state index in [0.29, 0.717) is 16.6 Å². The summed E-state index contributed by atoms with van der Waals surface area (Å²) in [6.45, 7) is 4.16. The van der Waals surface area contributed by atoms with Crippen LogP contribution < -0.4 is 5.32 Å². The van der Waals surface area contributed by atoms with E-state index in [4.69, 9.17) is 11.6 Å². The zero-order valence-electron chi connectivity index (χ0n) is 11.2. The first-order chi connectivity index (χ1) is 9.49. The van der Waals surface area contributed by atoms with Gasteiger partial charge in [-0.05, 0) is 29.5 Å². The number of thiophene rings is 1. The van der Waals surface area contributed by atoms with Gasteiger partial charge in [-0.1, -0.05) is 31.5 Å². The Balaban J connectivity index is 2.34. The van der Waals surface area contributed by atoms with Crippen molar-refractivity contribution in [2.45, 2.75) is 19.9 Å². The number of hydrogen-bond donors (Lipinski definition) is 1. The normalized spacial score (nSPS) is 12.4. The van der Waals surface area contributed by atoms with Crippen molar-refractivity contribution in [2.75, 3.05) is 5.32 Å². The smallest absolute Gasteiger partial charge is 0.293 e. The second kappa shape index (κ2) is 6.24. The number of nitro groups is 1. The Kier molecular flexibility index (Phi) is 4.62. The number of anilines is 1. The largest absolute Gasteiger partial charge is 0.372 e. The highest BCUT2D eigenvalue weighted by Crippen LogP contribution is 2.34. The topological polar surface area (TPSA) is 55.2 Å². The molecule has 6 heteroatoms. The molecule has 1 unspecified atom stereocenters. The van der Waals surface area contributed by atoms with Crippen molar-refractivity contribution in [1.82, 2.24) is 0 Å². The van der Waals surface area contributed by atoms with Crippen molar-refractivity contribution in [2.24, 2.45) is 5.92 Å². The van der Waals surface area contributed by atoms with E-state index in [2.05, 4.69) is 19.2 Å². The van der Waals surface area contributed by atoms with Crippen molar-refractivity contribution in [3.63, 3.8) is 0 Å². The monoisotopic (exact) mass is 310 g/mol. The van der Waals surface area contributed by atoms with E-state index in [1.807, 2.05) is 17.5 Å². The summed E-state index contributed by atoms with van der Waals surface area (Å²) in [7, 11) is 0. The maximum atomic E-state index is 11.1. The summed E-state index contributed by atoms with van der Waals surface area (Å²) >= 11 is 7.47. The third kappa shape index (κ3) is 3.29. The molecule has 1 aromatic heterocycles. The fraction of sp³-hybridized carbons (Fsp3) is 0.286. The van der Waals surface area contributed by atoms with E-state index in [-0.39, 0.29) is 11.7 Å². The lowest BCUT2D eigenvalue weighted by Gasteiger charge is -2.22. The van der Waals surface area contributed by atoms with Gasteiger partial charge in [0.25, 0.3) is 5.69 Å². The summed E-state index contributed by atoms with van der Waals surface area (Å²) in [5.74, 6) is 0.309. The molecule has 0 radical (unpaired) electrons. The van der Waals surface area contributed by atoms with E-state index in [1.165, 1.54) is 6.07 Å². The van der Waals surface area contributed by atoms with Crippen LogP contribution in [0.5, 0.6) is 0 Å². The van der Waals surface area contributed by atoms with Crippen LogP contribution in [0.2, 0.25) is 5.02 Å². The summed E-state index contributed by atoms with van der Waals surface area (Å²) in [4.78, 5) is 11.9. The van der Waals surface area contributed by atoms with Crippen LogP contribution in [0.4, 0.5) is 11.4 Å². The molecule has 2 rings (SSSR count). The van der Waals surface area contributed by atoms with Crippen LogP contribution in [-0.4, -0.2) is 4.92 Å². The first-order valence-electron chi connectivity index (χ1n) is 6.23. The lowest BCUT2D eigenvalue weighted by atomic mass is 10.0. The molecule has 2 aromatic rings. The molecule has 20 heavy (non-hydrogen) atoms. The third-order valence-corrected chi connectivity index (χ3v) is 4.17. The molecule has 0 saturated carbocycles. The number of nitrogens with one attached hydrogen (secondary N) is 1. The molecule has 0 amide bonds. The molecule has 0 spiro atoms. The Morgan fingerprint density at radius 2 is 2.10 bits per heavy atom. The summed E-state index contributed by atoms with van der Waals surface area (Å²) in [5, 5.41) is 16.8. The van der Waals surface area contributed by atoms with Crippen LogP contribution in [0.1, 0.15) is 24.8 Å². The summed E-state index contributed by atoms with van der Waals surface area (Å²) in [6, 6.07) is 8.73. The Labute approximate surface area is 126 Å². The maximum Gasteiger partial charge on any atom is 0.293 e. The Hall–Kier alpha value is -1.59. The average Bonchev–Trinajstić information content (AvgIpc) is 2.90. The van der Waals surface area contributed by atoms with Crippen LogP contribution in [0.15, 0.2) is 35.7 Å². The summed E-state index contributed by atoms with van der Waals surface area (Å²) < 4.78 is 0. The van der Waals surface area contributed by atoms with Gasteiger partial charge in [0.1, 0.15) is 5.69 Å². The molecule has 1 heterocycles. The number of benzene rings is 1. The van der Waals surface area contributed by atoms with Crippen LogP contribution in [0, 0.1) is 16.0 Å². The van der Waals surface area contributed by atoms with Gasteiger partial charge in [-0.15, -0.1) is 11.3 Å². The second-order valence-electron chi connectivity index (χ2n) is 4.80. The highest BCUT2D eigenvalue weighted by atomic mass is 35.5. The molecule has 0 saturated heterocycles. The lowest BCUT2D eigenvalue weighted by Crippen LogP contribution is -2.16. The van der Waals surface area contributed by atoms with E-state index in [0.717, 1.165) is 4.88 Å². The van der Waals surface area contributed by atoms with Crippen molar-refractivity contribution >= 4 is 34.3 Å². The van der Waals surface area contributed by atoms with Crippen LogP contribution >= 0.6 is 22.9 Å². The molecular weight excluding hydrogens is 296 g/mol. The Bertz CT molecular complexity index is 599. The van der Waals surface area contributed by atoms with Crippen molar-refractivity contribution in [1.29, 1.82) is 0 Å². The maximum absolute atomic E-state index is 11.1. The van der Waals surface area contributed by atoms with E-state index in [9.17, 15) is 10.1 Å². The molecule has 0 fully saturated rings. The molecular formula is C14H15ClN2O2S. The number of nitrogens with zero attached hydrogens (tertiary/aromatic N) is 1. The Morgan fingerprint density at radius 3 is 2.65 bits per heavy atom. The van der Waals surface area contributed by atoms with Gasteiger partial charge < -0.3 is 5.32 Å². The SMILES string of the molecule is CC(C)C(Nc1ccc(Cl)cc1[N+](=O)[O-])c1cccs1. The summed E-state index contributed by atoms with van der Waals surface area (Å²) in [6.07, 6.45) is 0. The van der Waals surface area contributed by atoms with Gasteiger partial charge >= 0.3 is 0 Å². The third-order valence-electron chi connectivity index (χ3n) is 2.98. The first-order valence-corrected chi connectivity index (χ1v) is 7.48. The van der Waals surface area contributed by atoms with Gasteiger partial charge in [-0.3, -0.25) is 10.1 Å².